The molecule has 0 aliphatic rings. The van der Waals surface area contributed by atoms with Crippen LogP contribution >= 0.6 is 0 Å². The summed E-state index contributed by atoms with van der Waals surface area (Å²) >= 11 is 0. The number of rotatable bonds is 1. The molecule has 60 valence electrons. The number of aromatic hydroxyl groups is 2. The smallest absolute Gasteiger partial charge is 0.223 e. The first-order chi connectivity index (χ1) is 5.15. The summed E-state index contributed by atoms with van der Waals surface area (Å²) in [6, 6.07) is 0. The second-order valence-corrected chi connectivity index (χ2v) is 2.51. The molecule has 1 heterocycles. The molecule has 0 aromatic carbocycles. The fraction of sp³-hybridized carbons (Fsp3) is 0.375. The van der Waals surface area contributed by atoms with Crippen LogP contribution in [0.25, 0.3) is 0 Å². The summed E-state index contributed by atoms with van der Waals surface area (Å²) in [4.78, 5) is 0. The van der Waals surface area contributed by atoms with E-state index in [1.165, 1.54) is 6.20 Å². The van der Waals surface area contributed by atoms with Crippen molar-refractivity contribution in [3.05, 3.63) is 18.0 Å². The fourth-order valence-electron chi connectivity index (χ4n) is 0.950. The van der Waals surface area contributed by atoms with Crippen molar-refractivity contribution < 1.29 is 14.8 Å². The highest BCUT2D eigenvalue weighted by Crippen LogP contribution is 2.24. The van der Waals surface area contributed by atoms with Gasteiger partial charge in [0.05, 0.1) is 5.56 Å². The zero-order valence-corrected chi connectivity index (χ0v) is 6.70. The van der Waals surface area contributed by atoms with Crippen LogP contribution in [-0.2, 0) is 6.54 Å². The summed E-state index contributed by atoms with van der Waals surface area (Å²) < 4.78 is 1.81. The Morgan fingerprint density at radius 1 is 1.36 bits per heavy atom. The molecule has 2 N–H and O–H groups in total. The Balaban J connectivity index is 3.21. The van der Waals surface area contributed by atoms with E-state index >= 15 is 0 Å². The van der Waals surface area contributed by atoms with Crippen molar-refractivity contribution in [2.24, 2.45) is 0 Å². The van der Waals surface area contributed by atoms with Gasteiger partial charge in [0.25, 0.3) is 0 Å². The first-order valence-electron chi connectivity index (χ1n) is 3.56. The zero-order valence-electron chi connectivity index (χ0n) is 6.70. The van der Waals surface area contributed by atoms with E-state index in [0.29, 0.717) is 5.56 Å². The predicted octanol–water partition coefficient (Wildman–Crippen LogP) is 0.714. The van der Waals surface area contributed by atoms with E-state index in [-0.39, 0.29) is 11.5 Å². The van der Waals surface area contributed by atoms with Gasteiger partial charge in [-0.3, -0.25) is 0 Å². The second kappa shape index (κ2) is 2.78. The average Bonchev–Trinajstić information content (AvgIpc) is 1.99. The summed E-state index contributed by atoms with van der Waals surface area (Å²) in [5, 5.41) is 18.3. The molecule has 1 rings (SSSR count). The molecule has 0 spiro atoms. The van der Waals surface area contributed by atoms with E-state index in [9.17, 15) is 0 Å². The molecule has 0 unspecified atom stereocenters. The molecule has 0 amide bonds. The maximum atomic E-state index is 9.16. The fourth-order valence-corrected chi connectivity index (χ4v) is 0.950. The molecule has 11 heavy (non-hydrogen) atoms. The minimum Gasteiger partial charge on any atom is -0.504 e. The van der Waals surface area contributed by atoms with E-state index in [0.717, 1.165) is 6.54 Å². The van der Waals surface area contributed by atoms with Gasteiger partial charge >= 0.3 is 0 Å². The minimum atomic E-state index is -0.0631. The lowest BCUT2D eigenvalue weighted by molar-refractivity contribution is -0.694. The summed E-state index contributed by atoms with van der Waals surface area (Å²) in [6.45, 7) is 4.51. The molecule has 0 bridgehead atoms. The zero-order chi connectivity index (χ0) is 8.43. The van der Waals surface area contributed by atoms with Gasteiger partial charge in [-0.2, -0.15) is 0 Å². The van der Waals surface area contributed by atoms with Gasteiger partial charge in [0, 0.05) is 0 Å². The summed E-state index contributed by atoms with van der Waals surface area (Å²) in [7, 11) is 0. The van der Waals surface area contributed by atoms with E-state index < -0.39 is 0 Å². The first kappa shape index (κ1) is 7.85. The molecule has 0 saturated carbocycles. The van der Waals surface area contributed by atoms with Crippen LogP contribution < -0.4 is 4.57 Å². The van der Waals surface area contributed by atoms with Gasteiger partial charge in [-0.25, -0.2) is 4.57 Å². The molecular weight excluding hydrogens is 142 g/mol. The van der Waals surface area contributed by atoms with Crippen molar-refractivity contribution >= 4 is 0 Å². The summed E-state index contributed by atoms with van der Waals surface area (Å²) in [5.41, 5.74) is 0.687. The standard InChI is InChI=1S/C8H11NO2/c1-3-9-4-6(2)8(11)7(10)5-9/h4-5,10H,3H2,1-2H3/p+1. The Kier molecular flexibility index (Phi) is 1.98. The Bertz CT molecular complexity index is 248. The third-order valence-corrected chi connectivity index (χ3v) is 1.63. The third kappa shape index (κ3) is 1.42. The molecule has 3 nitrogen and oxygen atoms in total. The maximum Gasteiger partial charge on any atom is 0.223 e. The van der Waals surface area contributed by atoms with Crippen LogP contribution in [0.2, 0.25) is 0 Å². The Hall–Kier alpha value is -1.25. The topological polar surface area (TPSA) is 44.3 Å². The van der Waals surface area contributed by atoms with Crippen LogP contribution in [0.15, 0.2) is 12.4 Å². The highest BCUT2D eigenvalue weighted by Gasteiger charge is 2.09. The van der Waals surface area contributed by atoms with Gasteiger partial charge in [0.1, 0.15) is 6.54 Å². The van der Waals surface area contributed by atoms with Crippen molar-refractivity contribution in [3.8, 4) is 11.5 Å². The number of hydrogen-bond donors (Lipinski definition) is 2. The van der Waals surface area contributed by atoms with Crippen LogP contribution in [-0.4, -0.2) is 10.2 Å². The van der Waals surface area contributed by atoms with E-state index in [2.05, 4.69) is 0 Å². The normalized spacial score (nSPS) is 10.0. The number of nitrogens with zero attached hydrogens (tertiary/aromatic N) is 1. The van der Waals surface area contributed by atoms with Gasteiger partial charge in [-0.1, -0.05) is 0 Å². The molecule has 0 radical (unpaired) electrons. The number of pyridine rings is 1. The molecule has 0 aliphatic carbocycles. The predicted molar refractivity (Wildman–Crippen MR) is 40.4 cm³/mol. The largest absolute Gasteiger partial charge is 0.504 e. The molecule has 0 aliphatic heterocycles. The van der Waals surface area contributed by atoms with E-state index in [1.807, 2.05) is 11.5 Å². The molecule has 0 saturated heterocycles. The highest BCUT2D eigenvalue weighted by molar-refractivity contribution is 5.38. The van der Waals surface area contributed by atoms with Gasteiger partial charge < -0.3 is 10.2 Å². The van der Waals surface area contributed by atoms with Gasteiger partial charge in [0.2, 0.25) is 11.9 Å². The lowest BCUT2D eigenvalue weighted by Crippen LogP contribution is -2.31. The summed E-state index contributed by atoms with van der Waals surface area (Å²) in [6.07, 6.45) is 3.29. The molecular formula is C8H12NO2+. The van der Waals surface area contributed by atoms with Gasteiger partial charge in [-0.05, 0) is 13.8 Å². The third-order valence-electron chi connectivity index (χ3n) is 1.63. The van der Waals surface area contributed by atoms with Crippen molar-refractivity contribution in [3.63, 3.8) is 0 Å². The van der Waals surface area contributed by atoms with Crippen LogP contribution in [0.4, 0.5) is 0 Å². The van der Waals surface area contributed by atoms with Crippen molar-refractivity contribution in [1.29, 1.82) is 0 Å². The van der Waals surface area contributed by atoms with Crippen molar-refractivity contribution in [2.45, 2.75) is 20.4 Å². The van der Waals surface area contributed by atoms with Crippen LogP contribution in [0, 0.1) is 6.92 Å². The van der Waals surface area contributed by atoms with Crippen LogP contribution in [0.5, 0.6) is 11.5 Å². The molecule has 1 aromatic rings. The monoisotopic (exact) mass is 154 g/mol. The van der Waals surface area contributed by atoms with Crippen molar-refractivity contribution in [1.82, 2.24) is 0 Å². The average molecular weight is 154 g/mol. The second-order valence-electron chi connectivity index (χ2n) is 2.51. The Labute approximate surface area is 65.5 Å². The van der Waals surface area contributed by atoms with E-state index in [4.69, 9.17) is 10.2 Å². The SMILES string of the molecule is CC[n+]1cc(C)c(O)c(O)c1. The number of hydrogen-bond acceptors (Lipinski definition) is 2. The summed E-state index contributed by atoms with van der Waals surface area (Å²) in [5.74, 6) is -0.0958. The molecule has 3 heteroatoms. The maximum absolute atomic E-state index is 9.16. The minimum absolute atomic E-state index is 0.0327. The van der Waals surface area contributed by atoms with Gasteiger partial charge in [-0.15, -0.1) is 0 Å². The number of aryl methyl sites for hydroxylation is 2. The van der Waals surface area contributed by atoms with Crippen molar-refractivity contribution in [2.75, 3.05) is 0 Å². The molecule has 0 fully saturated rings. The lowest BCUT2D eigenvalue weighted by atomic mass is 10.3. The Morgan fingerprint density at radius 2 is 2.00 bits per heavy atom. The molecule has 1 aromatic heterocycles. The van der Waals surface area contributed by atoms with Gasteiger partial charge in [0.15, 0.2) is 11.9 Å². The highest BCUT2D eigenvalue weighted by atomic mass is 16.3. The van der Waals surface area contributed by atoms with Crippen LogP contribution in [0.3, 0.4) is 0 Å². The Morgan fingerprint density at radius 3 is 2.45 bits per heavy atom. The lowest BCUT2D eigenvalue weighted by Gasteiger charge is -1.99. The first-order valence-corrected chi connectivity index (χ1v) is 3.56. The quantitative estimate of drug-likeness (QED) is 0.585. The molecule has 0 atom stereocenters. The van der Waals surface area contributed by atoms with E-state index in [1.54, 1.807) is 13.1 Å². The number of aromatic nitrogens is 1. The van der Waals surface area contributed by atoms with Crippen LogP contribution in [0.1, 0.15) is 12.5 Å².